The molecule has 0 radical (unpaired) electrons. The summed E-state index contributed by atoms with van der Waals surface area (Å²) >= 11 is 0. The van der Waals surface area contributed by atoms with E-state index in [1.165, 1.54) is 0 Å². The van der Waals surface area contributed by atoms with Crippen LogP contribution in [0.25, 0.3) is 0 Å². The summed E-state index contributed by atoms with van der Waals surface area (Å²) in [4.78, 5) is 11.0. The van der Waals surface area contributed by atoms with Crippen molar-refractivity contribution in [3.63, 3.8) is 0 Å². The summed E-state index contributed by atoms with van der Waals surface area (Å²) < 4.78 is 11.2. The molecule has 144 valence electrons. The van der Waals surface area contributed by atoms with Gasteiger partial charge in [-0.05, 0) is 48.4 Å². The number of hydrogen-bond acceptors (Lipinski definition) is 5. The van der Waals surface area contributed by atoms with E-state index in [1.54, 1.807) is 24.3 Å². The molecule has 0 saturated heterocycles. The third-order valence-electron chi connectivity index (χ3n) is 3.79. The molecule has 1 unspecified atom stereocenters. The number of nitrogens with one attached hydrogen (secondary N) is 1. The number of aliphatic hydroxyl groups excluding tert-OH is 1. The maximum Gasteiger partial charge on any atom is 0.248 e. The SMILES string of the molecule is C=CCc1cccc(OCC(O)CNCCOc2ccc(C(N)=O)cc2)c1. The molecule has 0 spiro atoms. The lowest BCUT2D eigenvalue weighted by atomic mass is 10.1. The number of ether oxygens (including phenoxy) is 2. The van der Waals surface area contributed by atoms with E-state index in [0.29, 0.717) is 31.0 Å². The van der Waals surface area contributed by atoms with E-state index in [-0.39, 0.29) is 6.61 Å². The molecule has 2 aromatic carbocycles. The highest BCUT2D eigenvalue weighted by Gasteiger charge is 2.06. The second kappa shape index (κ2) is 11.0. The van der Waals surface area contributed by atoms with Crippen LogP contribution in [-0.2, 0) is 6.42 Å². The number of rotatable bonds is 12. The Bertz CT molecular complexity index is 731. The predicted molar refractivity (Wildman–Crippen MR) is 105 cm³/mol. The van der Waals surface area contributed by atoms with Gasteiger partial charge in [0.05, 0.1) is 0 Å². The van der Waals surface area contributed by atoms with Crippen molar-refractivity contribution in [2.24, 2.45) is 5.73 Å². The normalized spacial score (nSPS) is 11.6. The van der Waals surface area contributed by atoms with Gasteiger partial charge in [0.1, 0.15) is 30.8 Å². The van der Waals surface area contributed by atoms with Gasteiger partial charge in [-0.3, -0.25) is 4.79 Å². The maximum absolute atomic E-state index is 11.0. The number of primary amides is 1. The van der Waals surface area contributed by atoms with Crippen molar-refractivity contribution in [2.45, 2.75) is 12.5 Å². The van der Waals surface area contributed by atoms with E-state index in [0.717, 1.165) is 17.7 Å². The predicted octanol–water partition coefficient (Wildman–Crippen LogP) is 1.92. The molecule has 1 amide bonds. The van der Waals surface area contributed by atoms with E-state index < -0.39 is 12.0 Å². The van der Waals surface area contributed by atoms with E-state index in [9.17, 15) is 9.90 Å². The molecular formula is C21H26N2O4. The number of nitrogens with two attached hydrogens (primary N) is 1. The highest BCUT2D eigenvalue weighted by atomic mass is 16.5. The van der Waals surface area contributed by atoms with Gasteiger partial charge in [0.15, 0.2) is 0 Å². The molecule has 4 N–H and O–H groups in total. The molecular weight excluding hydrogens is 344 g/mol. The van der Waals surface area contributed by atoms with Crippen LogP contribution in [0, 0.1) is 0 Å². The lowest BCUT2D eigenvalue weighted by molar-refractivity contribution is 0.1000. The first-order chi connectivity index (χ1) is 13.1. The molecule has 0 aliphatic rings. The lowest BCUT2D eigenvalue weighted by Crippen LogP contribution is -2.33. The average molecular weight is 370 g/mol. The van der Waals surface area contributed by atoms with E-state index in [2.05, 4.69) is 11.9 Å². The summed E-state index contributed by atoms with van der Waals surface area (Å²) in [5.41, 5.74) is 6.75. The van der Waals surface area contributed by atoms with Crippen molar-refractivity contribution >= 4 is 5.91 Å². The Morgan fingerprint density at radius 3 is 2.67 bits per heavy atom. The van der Waals surface area contributed by atoms with Crippen molar-refractivity contribution in [1.82, 2.24) is 5.32 Å². The van der Waals surface area contributed by atoms with E-state index in [1.807, 2.05) is 30.3 Å². The second-order valence-electron chi connectivity index (χ2n) is 6.05. The fourth-order valence-corrected chi connectivity index (χ4v) is 2.41. The van der Waals surface area contributed by atoms with Crippen molar-refractivity contribution in [1.29, 1.82) is 0 Å². The average Bonchev–Trinajstić information content (AvgIpc) is 2.67. The minimum absolute atomic E-state index is 0.208. The van der Waals surface area contributed by atoms with Crippen LogP contribution in [0.3, 0.4) is 0 Å². The maximum atomic E-state index is 11.0. The highest BCUT2D eigenvalue weighted by molar-refractivity contribution is 5.92. The largest absolute Gasteiger partial charge is 0.492 e. The van der Waals surface area contributed by atoms with Crippen LogP contribution >= 0.6 is 0 Å². The van der Waals surface area contributed by atoms with Gasteiger partial charge in [0.2, 0.25) is 5.91 Å². The van der Waals surface area contributed by atoms with Crippen LogP contribution in [-0.4, -0.2) is 43.4 Å². The Labute approximate surface area is 159 Å². The van der Waals surface area contributed by atoms with Gasteiger partial charge in [0.25, 0.3) is 0 Å². The highest BCUT2D eigenvalue weighted by Crippen LogP contribution is 2.14. The zero-order valence-electron chi connectivity index (χ0n) is 15.3. The molecule has 0 saturated carbocycles. The van der Waals surface area contributed by atoms with Crippen molar-refractivity contribution in [3.8, 4) is 11.5 Å². The minimum Gasteiger partial charge on any atom is -0.492 e. The Morgan fingerprint density at radius 1 is 1.19 bits per heavy atom. The number of benzene rings is 2. The molecule has 6 nitrogen and oxygen atoms in total. The number of carbonyl (C=O) groups is 1. The summed E-state index contributed by atoms with van der Waals surface area (Å²) in [5, 5.41) is 13.1. The molecule has 1 atom stereocenters. The zero-order valence-corrected chi connectivity index (χ0v) is 15.3. The number of carbonyl (C=O) groups excluding carboxylic acids is 1. The molecule has 0 aliphatic heterocycles. The zero-order chi connectivity index (χ0) is 19.5. The molecule has 0 fully saturated rings. The fourth-order valence-electron chi connectivity index (χ4n) is 2.41. The molecule has 0 aromatic heterocycles. The van der Waals surface area contributed by atoms with Crippen molar-refractivity contribution in [2.75, 3.05) is 26.3 Å². The monoisotopic (exact) mass is 370 g/mol. The second-order valence-corrected chi connectivity index (χ2v) is 6.05. The fraction of sp³-hybridized carbons (Fsp3) is 0.286. The quantitative estimate of drug-likeness (QED) is 0.392. The summed E-state index contributed by atoms with van der Waals surface area (Å²) in [7, 11) is 0. The van der Waals surface area contributed by atoms with Crippen molar-refractivity contribution < 1.29 is 19.4 Å². The van der Waals surface area contributed by atoms with Gasteiger partial charge in [-0.1, -0.05) is 18.2 Å². The van der Waals surface area contributed by atoms with Gasteiger partial charge in [-0.2, -0.15) is 0 Å². The smallest absolute Gasteiger partial charge is 0.248 e. The topological polar surface area (TPSA) is 93.8 Å². The van der Waals surface area contributed by atoms with E-state index >= 15 is 0 Å². The van der Waals surface area contributed by atoms with Crippen LogP contribution < -0.4 is 20.5 Å². The molecule has 0 heterocycles. The Balaban J connectivity index is 1.60. The van der Waals surface area contributed by atoms with Gasteiger partial charge >= 0.3 is 0 Å². The third kappa shape index (κ3) is 7.52. The van der Waals surface area contributed by atoms with E-state index in [4.69, 9.17) is 15.2 Å². The van der Waals surface area contributed by atoms with Crippen molar-refractivity contribution in [3.05, 3.63) is 72.3 Å². The van der Waals surface area contributed by atoms with Crippen LogP contribution in [0.15, 0.2) is 61.2 Å². The first kappa shape index (κ1) is 20.5. The standard InChI is InChI=1S/C21H26N2O4/c1-2-4-16-5-3-6-20(13-16)27-15-18(24)14-23-11-12-26-19-9-7-17(8-10-19)21(22)25/h2-3,5-10,13,18,23-24H,1,4,11-12,14-15H2,(H2,22,25). The first-order valence-corrected chi connectivity index (χ1v) is 8.82. The minimum atomic E-state index is -0.622. The number of aliphatic hydroxyl groups is 1. The van der Waals surface area contributed by atoms with Crippen LogP contribution in [0.4, 0.5) is 0 Å². The Hall–Kier alpha value is -2.83. The molecule has 0 bridgehead atoms. The van der Waals surface area contributed by atoms with Gasteiger partial charge < -0.3 is 25.6 Å². The molecule has 6 heteroatoms. The van der Waals surface area contributed by atoms with Crippen LogP contribution in [0.2, 0.25) is 0 Å². The number of amides is 1. The number of allylic oxidation sites excluding steroid dienone is 1. The third-order valence-corrected chi connectivity index (χ3v) is 3.79. The lowest BCUT2D eigenvalue weighted by Gasteiger charge is -2.14. The summed E-state index contributed by atoms with van der Waals surface area (Å²) in [5.74, 6) is 0.924. The summed E-state index contributed by atoms with van der Waals surface area (Å²) in [6.07, 6.45) is 2.00. The molecule has 0 aliphatic carbocycles. The first-order valence-electron chi connectivity index (χ1n) is 8.82. The molecule has 2 rings (SSSR count). The van der Waals surface area contributed by atoms with Gasteiger partial charge in [0, 0.05) is 18.7 Å². The van der Waals surface area contributed by atoms with Crippen LogP contribution in [0.5, 0.6) is 11.5 Å². The summed E-state index contributed by atoms with van der Waals surface area (Å²) in [6, 6.07) is 14.4. The Morgan fingerprint density at radius 2 is 1.96 bits per heavy atom. The van der Waals surface area contributed by atoms with Gasteiger partial charge in [-0.15, -0.1) is 6.58 Å². The summed E-state index contributed by atoms with van der Waals surface area (Å²) in [6.45, 7) is 5.34. The molecule has 27 heavy (non-hydrogen) atoms. The Kier molecular flexibility index (Phi) is 8.35. The van der Waals surface area contributed by atoms with Gasteiger partial charge in [-0.25, -0.2) is 0 Å². The number of hydrogen-bond donors (Lipinski definition) is 3. The molecule has 2 aromatic rings. The van der Waals surface area contributed by atoms with Crippen LogP contribution in [0.1, 0.15) is 15.9 Å².